The SMILES string of the molecule is COc1ccc2c(n1)/C(=N\[S@+]([O-])C(C)(C)C)C1(CCN(C(C)(C)C)CC1)C2. The fourth-order valence-electron chi connectivity index (χ4n) is 4.01. The number of piperidine rings is 1. The number of hydrogen-bond acceptors (Lipinski definition) is 5. The summed E-state index contributed by atoms with van der Waals surface area (Å²) in [5, 5.41) is 0. The third-order valence-corrected chi connectivity index (χ3v) is 7.18. The minimum atomic E-state index is -1.30. The molecule has 1 aliphatic carbocycles. The first-order chi connectivity index (χ1) is 12.5. The molecule has 1 aromatic rings. The number of likely N-dealkylation sites (tertiary alicyclic amines) is 1. The van der Waals surface area contributed by atoms with Crippen molar-refractivity contribution in [1.29, 1.82) is 0 Å². The van der Waals surface area contributed by atoms with Crippen LogP contribution in [0.2, 0.25) is 0 Å². The van der Waals surface area contributed by atoms with E-state index in [4.69, 9.17) is 14.1 Å². The van der Waals surface area contributed by atoms with Crippen LogP contribution in [0.15, 0.2) is 16.5 Å². The molecule has 1 aromatic heterocycles. The van der Waals surface area contributed by atoms with Gasteiger partial charge in [0, 0.05) is 17.0 Å². The Bertz CT molecular complexity index is 726. The summed E-state index contributed by atoms with van der Waals surface area (Å²) in [5.74, 6) is 0.590. The number of rotatable bonds is 2. The van der Waals surface area contributed by atoms with Gasteiger partial charge in [-0.25, -0.2) is 4.98 Å². The van der Waals surface area contributed by atoms with Gasteiger partial charge in [0.15, 0.2) is 0 Å². The fourth-order valence-corrected chi connectivity index (χ4v) is 4.73. The number of fused-ring (bicyclic) bond motifs is 1. The largest absolute Gasteiger partial charge is 0.591 e. The van der Waals surface area contributed by atoms with Gasteiger partial charge in [0.05, 0.1) is 12.8 Å². The zero-order chi connectivity index (χ0) is 20.0. The summed E-state index contributed by atoms with van der Waals surface area (Å²) >= 11 is -1.30. The Morgan fingerprint density at radius 2 is 1.78 bits per heavy atom. The average Bonchev–Trinajstić information content (AvgIpc) is 2.86. The molecule has 2 heterocycles. The Morgan fingerprint density at radius 1 is 1.15 bits per heavy atom. The van der Waals surface area contributed by atoms with Gasteiger partial charge in [-0.1, -0.05) is 10.5 Å². The highest BCUT2D eigenvalue weighted by molar-refractivity contribution is 7.91. The molecule has 0 aromatic carbocycles. The summed E-state index contributed by atoms with van der Waals surface area (Å²) in [5.41, 5.74) is 3.11. The molecule has 6 heteroatoms. The van der Waals surface area contributed by atoms with Crippen molar-refractivity contribution in [2.45, 2.75) is 71.1 Å². The van der Waals surface area contributed by atoms with E-state index in [9.17, 15) is 4.55 Å². The van der Waals surface area contributed by atoms with Crippen molar-refractivity contribution < 1.29 is 9.29 Å². The second-order valence-electron chi connectivity index (χ2n) is 9.78. The van der Waals surface area contributed by atoms with Crippen molar-refractivity contribution >= 4 is 17.1 Å². The van der Waals surface area contributed by atoms with Crippen LogP contribution in [0.5, 0.6) is 5.88 Å². The van der Waals surface area contributed by atoms with E-state index in [2.05, 4.69) is 31.7 Å². The fraction of sp³-hybridized carbons (Fsp3) is 0.714. The summed E-state index contributed by atoms with van der Waals surface area (Å²) in [4.78, 5) is 7.24. The van der Waals surface area contributed by atoms with Crippen LogP contribution in [0.3, 0.4) is 0 Å². The highest BCUT2D eigenvalue weighted by Crippen LogP contribution is 2.46. The predicted octanol–water partition coefficient (Wildman–Crippen LogP) is 3.78. The van der Waals surface area contributed by atoms with Crippen LogP contribution < -0.4 is 4.74 Å². The standard InChI is InChI=1S/C21H33N3O2S/c1-19(2,3)24-12-10-21(11-13-24)14-15-8-9-16(26-7)22-17(15)18(21)23-27(25)20(4,5)6/h8-9H,10-14H2,1-7H3/b23-18+/t27-/m1/s1. The first-order valence-electron chi connectivity index (χ1n) is 9.77. The van der Waals surface area contributed by atoms with E-state index in [1.165, 1.54) is 5.56 Å². The molecule has 27 heavy (non-hydrogen) atoms. The molecule has 0 amide bonds. The van der Waals surface area contributed by atoms with Gasteiger partial charge in [0.2, 0.25) is 5.88 Å². The van der Waals surface area contributed by atoms with Crippen LogP contribution in [0, 0.1) is 5.41 Å². The van der Waals surface area contributed by atoms with Crippen LogP contribution in [0.1, 0.15) is 65.6 Å². The van der Waals surface area contributed by atoms with Crippen LogP contribution >= 0.6 is 0 Å². The molecule has 0 bridgehead atoms. The molecule has 3 rings (SSSR count). The molecule has 1 atom stereocenters. The molecule has 0 saturated carbocycles. The summed E-state index contributed by atoms with van der Waals surface area (Å²) in [7, 11) is 1.63. The first-order valence-corrected chi connectivity index (χ1v) is 10.9. The Morgan fingerprint density at radius 3 is 2.30 bits per heavy atom. The van der Waals surface area contributed by atoms with Gasteiger partial charge in [-0.15, -0.1) is 0 Å². The zero-order valence-electron chi connectivity index (χ0n) is 17.8. The number of nitrogens with zero attached hydrogens (tertiary/aromatic N) is 3. The summed E-state index contributed by atoms with van der Waals surface area (Å²) < 4.78 is 22.6. The lowest BCUT2D eigenvalue weighted by Crippen LogP contribution is -2.51. The second-order valence-corrected chi connectivity index (χ2v) is 11.7. The molecular formula is C21H33N3O2S. The van der Waals surface area contributed by atoms with E-state index < -0.39 is 11.4 Å². The maximum Gasteiger partial charge on any atom is 0.213 e. The quantitative estimate of drug-likeness (QED) is 0.720. The van der Waals surface area contributed by atoms with E-state index in [1.54, 1.807) is 7.11 Å². The van der Waals surface area contributed by atoms with Gasteiger partial charge in [0.1, 0.15) is 21.8 Å². The summed E-state index contributed by atoms with van der Waals surface area (Å²) in [6.07, 6.45) is 2.96. The number of hydrogen-bond donors (Lipinski definition) is 0. The van der Waals surface area contributed by atoms with Crippen molar-refractivity contribution in [3.05, 3.63) is 23.4 Å². The van der Waals surface area contributed by atoms with Crippen molar-refractivity contribution in [1.82, 2.24) is 9.88 Å². The van der Waals surface area contributed by atoms with Crippen molar-refractivity contribution in [3.8, 4) is 5.88 Å². The van der Waals surface area contributed by atoms with Crippen LogP contribution in [-0.4, -0.2) is 50.6 Å². The number of pyridine rings is 1. The lowest BCUT2D eigenvalue weighted by molar-refractivity contribution is 0.0721. The van der Waals surface area contributed by atoms with Crippen molar-refractivity contribution in [2.75, 3.05) is 20.2 Å². The van der Waals surface area contributed by atoms with E-state index >= 15 is 0 Å². The minimum absolute atomic E-state index is 0.0651. The smallest absolute Gasteiger partial charge is 0.213 e. The number of aromatic nitrogens is 1. The summed E-state index contributed by atoms with van der Waals surface area (Å²) in [6.45, 7) is 14.8. The van der Waals surface area contributed by atoms with Gasteiger partial charge in [-0.05, 0) is 79.5 Å². The van der Waals surface area contributed by atoms with Crippen molar-refractivity contribution in [2.24, 2.45) is 9.81 Å². The molecule has 1 saturated heterocycles. The molecule has 1 aliphatic heterocycles. The predicted molar refractivity (Wildman–Crippen MR) is 112 cm³/mol. The molecule has 5 nitrogen and oxygen atoms in total. The van der Waals surface area contributed by atoms with Gasteiger partial charge in [0.25, 0.3) is 0 Å². The maximum atomic E-state index is 12.9. The van der Waals surface area contributed by atoms with E-state index in [-0.39, 0.29) is 15.7 Å². The maximum absolute atomic E-state index is 12.9. The van der Waals surface area contributed by atoms with Gasteiger partial charge in [-0.2, -0.15) is 0 Å². The van der Waals surface area contributed by atoms with Crippen LogP contribution in [0.25, 0.3) is 0 Å². The Hall–Kier alpha value is -1.11. The molecule has 0 unspecified atom stereocenters. The van der Waals surface area contributed by atoms with Crippen molar-refractivity contribution in [3.63, 3.8) is 0 Å². The van der Waals surface area contributed by atoms with Crippen LogP contribution in [0.4, 0.5) is 0 Å². The Kier molecular flexibility index (Phi) is 5.38. The van der Waals surface area contributed by atoms with Gasteiger partial charge >= 0.3 is 0 Å². The van der Waals surface area contributed by atoms with E-state index in [1.807, 2.05) is 26.8 Å². The highest BCUT2D eigenvalue weighted by atomic mass is 32.2. The lowest BCUT2D eigenvalue weighted by Gasteiger charge is -2.45. The first kappa shape index (κ1) is 20.6. The van der Waals surface area contributed by atoms with Gasteiger partial charge < -0.3 is 9.29 Å². The highest BCUT2D eigenvalue weighted by Gasteiger charge is 2.49. The molecule has 1 spiro atoms. The Balaban J connectivity index is 2.00. The molecule has 2 aliphatic rings. The second kappa shape index (κ2) is 7.05. The molecule has 1 fully saturated rings. The molecular weight excluding hydrogens is 358 g/mol. The normalized spacial score (nSPS) is 22.9. The number of methoxy groups -OCH3 is 1. The van der Waals surface area contributed by atoms with E-state index in [0.717, 1.165) is 43.8 Å². The topological polar surface area (TPSA) is 60.8 Å². The molecule has 0 radical (unpaired) electrons. The third kappa shape index (κ3) is 4.03. The monoisotopic (exact) mass is 391 g/mol. The zero-order valence-corrected chi connectivity index (χ0v) is 18.6. The van der Waals surface area contributed by atoms with Gasteiger partial charge in [-0.3, -0.25) is 4.90 Å². The summed E-state index contributed by atoms with van der Waals surface area (Å²) in [6, 6.07) is 4.02. The molecule has 0 N–H and O–H groups in total. The Labute approximate surface area is 166 Å². The number of ether oxygens (including phenoxy) is 1. The third-order valence-electron chi connectivity index (χ3n) is 5.79. The van der Waals surface area contributed by atoms with Crippen LogP contribution in [-0.2, 0) is 17.8 Å². The lowest BCUT2D eigenvalue weighted by atomic mass is 9.74. The van der Waals surface area contributed by atoms with E-state index in [0.29, 0.717) is 5.88 Å². The minimum Gasteiger partial charge on any atom is -0.591 e. The average molecular weight is 392 g/mol. The molecule has 150 valence electrons.